The first-order chi connectivity index (χ1) is 17.2. The molecule has 8 nitrogen and oxygen atoms in total. The minimum atomic E-state index is -0.541. The summed E-state index contributed by atoms with van der Waals surface area (Å²) in [5, 5.41) is 9.62. The number of hydrogen-bond acceptors (Lipinski definition) is 7. The number of carbonyl (C=O) groups is 1. The lowest BCUT2D eigenvalue weighted by atomic mass is 9.73. The number of benzene rings is 1. The van der Waals surface area contributed by atoms with E-state index >= 15 is 0 Å². The molecule has 0 bridgehead atoms. The summed E-state index contributed by atoms with van der Waals surface area (Å²) < 4.78 is 7.49. The van der Waals surface area contributed by atoms with Crippen molar-refractivity contribution in [2.45, 2.75) is 56.1 Å². The Morgan fingerprint density at radius 1 is 1.11 bits per heavy atom. The molecule has 9 heteroatoms. The molecule has 2 aromatic heterocycles. The van der Waals surface area contributed by atoms with Crippen molar-refractivity contribution in [1.29, 1.82) is 0 Å². The first kappa shape index (κ1) is 24.1. The third-order valence-electron chi connectivity index (χ3n) is 7.10. The van der Waals surface area contributed by atoms with Crippen molar-refractivity contribution >= 4 is 34.5 Å². The second-order valence-electron chi connectivity index (χ2n) is 9.23. The van der Waals surface area contributed by atoms with Gasteiger partial charge in [0.25, 0.3) is 0 Å². The molecule has 186 valence electrons. The zero-order chi connectivity index (χ0) is 24.1. The van der Waals surface area contributed by atoms with E-state index in [-0.39, 0.29) is 5.91 Å². The fraction of sp³-hybridized carbons (Fsp3) is 0.538. The summed E-state index contributed by atoms with van der Waals surface area (Å²) in [5.74, 6) is 1.97. The number of thioether (sulfide) groups is 1. The molecule has 5 rings (SSSR count). The summed E-state index contributed by atoms with van der Waals surface area (Å²) in [7, 11) is 0. The van der Waals surface area contributed by atoms with Gasteiger partial charge < -0.3 is 15.0 Å². The number of carbonyl (C=O) groups excluding carboxylic acids is 1. The van der Waals surface area contributed by atoms with E-state index in [1.54, 1.807) is 11.8 Å². The van der Waals surface area contributed by atoms with E-state index in [9.17, 15) is 4.79 Å². The molecule has 0 aliphatic carbocycles. The molecule has 0 atom stereocenters. The summed E-state index contributed by atoms with van der Waals surface area (Å²) in [6, 6.07) is 10.1. The second-order valence-corrected chi connectivity index (χ2v) is 10.5. The van der Waals surface area contributed by atoms with Gasteiger partial charge in [0.2, 0.25) is 5.91 Å². The van der Waals surface area contributed by atoms with Gasteiger partial charge in [-0.1, -0.05) is 49.0 Å². The molecule has 3 aromatic rings. The standard InChI is InChI=1S/C26H34N6O2S/c1-2-35-25-29-22(31-14-7-4-8-15-31)21-19-28-32(23(21)30-25)16-13-27-24(33)26(11-17-34-18-12-26)20-9-5-3-6-10-20/h3,5-6,9-10,19H,2,4,7-8,11-18H2,1H3,(H,27,33). The Morgan fingerprint density at radius 3 is 2.63 bits per heavy atom. The van der Waals surface area contributed by atoms with E-state index in [0.29, 0.717) is 39.1 Å². The molecule has 4 heterocycles. The SMILES string of the molecule is CCSc1nc(N2CCCCC2)c2cnn(CCNC(=O)C3(c4ccccc4)CCOCC3)c2n1. The number of anilines is 1. The van der Waals surface area contributed by atoms with Crippen LogP contribution in [0.3, 0.4) is 0 Å². The maximum atomic E-state index is 13.5. The minimum absolute atomic E-state index is 0.0642. The van der Waals surface area contributed by atoms with Gasteiger partial charge in [0.1, 0.15) is 5.82 Å². The van der Waals surface area contributed by atoms with E-state index in [2.05, 4.69) is 34.4 Å². The molecule has 0 radical (unpaired) electrons. The van der Waals surface area contributed by atoms with E-state index in [0.717, 1.165) is 46.4 Å². The Hall–Kier alpha value is -2.65. The number of nitrogens with zero attached hydrogens (tertiary/aromatic N) is 5. The van der Waals surface area contributed by atoms with Gasteiger partial charge >= 0.3 is 0 Å². The van der Waals surface area contributed by atoms with Crippen LogP contribution in [0.1, 0.15) is 44.6 Å². The maximum absolute atomic E-state index is 13.5. The fourth-order valence-corrected chi connectivity index (χ4v) is 5.75. The molecule has 35 heavy (non-hydrogen) atoms. The van der Waals surface area contributed by atoms with Gasteiger partial charge in [0, 0.05) is 32.8 Å². The highest BCUT2D eigenvalue weighted by Crippen LogP contribution is 2.35. The first-order valence-corrected chi connectivity index (χ1v) is 13.7. The van der Waals surface area contributed by atoms with Crippen LogP contribution in [0.5, 0.6) is 0 Å². The molecule has 1 amide bonds. The summed E-state index contributed by atoms with van der Waals surface area (Å²) in [4.78, 5) is 25.6. The highest BCUT2D eigenvalue weighted by Gasteiger charge is 2.41. The van der Waals surface area contributed by atoms with Crippen LogP contribution in [0.4, 0.5) is 5.82 Å². The van der Waals surface area contributed by atoms with Crippen molar-refractivity contribution in [2.24, 2.45) is 0 Å². The number of hydrogen-bond donors (Lipinski definition) is 1. The van der Waals surface area contributed by atoms with Crippen LogP contribution in [0.15, 0.2) is 41.7 Å². The quantitative estimate of drug-likeness (QED) is 0.377. The minimum Gasteiger partial charge on any atom is -0.381 e. The van der Waals surface area contributed by atoms with Gasteiger partial charge in [0.15, 0.2) is 10.8 Å². The van der Waals surface area contributed by atoms with Crippen LogP contribution in [-0.4, -0.2) is 64.3 Å². The van der Waals surface area contributed by atoms with Crippen LogP contribution in [-0.2, 0) is 21.5 Å². The summed E-state index contributed by atoms with van der Waals surface area (Å²) in [6.45, 7) is 6.40. The summed E-state index contributed by atoms with van der Waals surface area (Å²) >= 11 is 1.65. The average Bonchev–Trinajstić information content (AvgIpc) is 3.32. The van der Waals surface area contributed by atoms with E-state index in [1.807, 2.05) is 29.1 Å². The third kappa shape index (κ3) is 5.02. The van der Waals surface area contributed by atoms with Crippen molar-refractivity contribution < 1.29 is 9.53 Å². The lowest BCUT2D eigenvalue weighted by Crippen LogP contribution is -2.48. The van der Waals surface area contributed by atoms with Crippen molar-refractivity contribution in [2.75, 3.05) is 43.5 Å². The molecule has 0 saturated carbocycles. The van der Waals surface area contributed by atoms with Gasteiger partial charge in [-0.15, -0.1) is 0 Å². The zero-order valence-corrected chi connectivity index (χ0v) is 21.2. The molecule has 0 spiro atoms. The molecule has 1 N–H and O–H groups in total. The molecule has 2 fully saturated rings. The Morgan fingerprint density at radius 2 is 1.89 bits per heavy atom. The number of fused-ring (bicyclic) bond motifs is 1. The average molecular weight is 495 g/mol. The van der Waals surface area contributed by atoms with E-state index in [4.69, 9.17) is 14.7 Å². The Balaban J connectivity index is 1.34. The van der Waals surface area contributed by atoms with Gasteiger partial charge in [-0.05, 0) is 43.4 Å². The monoisotopic (exact) mass is 494 g/mol. The number of ether oxygens (including phenoxy) is 1. The van der Waals surface area contributed by atoms with Crippen molar-refractivity contribution in [3.8, 4) is 0 Å². The number of rotatable bonds is 8. The second kappa shape index (κ2) is 11.0. The Labute approximate surface area is 210 Å². The Bertz CT molecular complexity index is 1140. The van der Waals surface area contributed by atoms with Crippen molar-refractivity contribution in [3.63, 3.8) is 0 Å². The maximum Gasteiger partial charge on any atom is 0.230 e. The predicted octanol–water partition coefficient (Wildman–Crippen LogP) is 3.79. The number of aromatic nitrogens is 4. The van der Waals surface area contributed by atoms with Crippen LogP contribution in [0, 0.1) is 0 Å². The normalized spacial score (nSPS) is 18.0. The molecule has 1 aromatic carbocycles. The molecule has 2 aliphatic rings. The van der Waals surface area contributed by atoms with Crippen LogP contribution in [0.2, 0.25) is 0 Å². The summed E-state index contributed by atoms with van der Waals surface area (Å²) in [6.07, 6.45) is 6.92. The predicted molar refractivity (Wildman–Crippen MR) is 139 cm³/mol. The fourth-order valence-electron chi connectivity index (χ4n) is 5.19. The molecule has 0 unspecified atom stereocenters. The zero-order valence-electron chi connectivity index (χ0n) is 20.4. The molecular weight excluding hydrogens is 460 g/mol. The molecule has 2 aliphatic heterocycles. The van der Waals surface area contributed by atoms with Gasteiger partial charge in [-0.2, -0.15) is 5.10 Å². The highest BCUT2D eigenvalue weighted by atomic mass is 32.2. The summed E-state index contributed by atoms with van der Waals surface area (Å²) in [5.41, 5.74) is 1.36. The number of piperidine rings is 1. The Kier molecular flexibility index (Phi) is 7.53. The molecule has 2 saturated heterocycles. The van der Waals surface area contributed by atoms with Crippen molar-refractivity contribution in [1.82, 2.24) is 25.1 Å². The molecular formula is C26H34N6O2S. The lowest BCUT2D eigenvalue weighted by molar-refractivity contribution is -0.130. The van der Waals surface area contributed by atoms with Gasteiger partial charge in [-0.3, -0.25) is 4.79 Å². The van der Waals surface area contributed by atoms with E-state index in [1.165, 1.54) is 19.3 Å². The van der Waals surface area contributed by atoms with Crippen molar-refractivity contribution in [3.05, 3.63) is 42.1 Å². The third-order valence-corrected chi connectivity index (χ3v) is 7.83. The van der Waals surface area contributed by atoms with Gasteiger partial charge in [-0.25, -0.2) is 14.6 Å². The largest absolute Gasteiger partial charge is 0.381 e. The number of nitrogens with one attached hydrogen (secondary N) is 1. The van der Waals surface area contributed by atoms with Crippen LogP contribution in [0.25, 0.3) is 11.0 Å². The highest BCUT2D eigenvalue weighted by molar-refractivity contribution is 7.99. The number of amides is 1. The first-order valence-electron chi connectivity index (χ1n) is 12.7. The van der Waals surface area contributed by atoms with E-state index < -0.39 is 5.41 Å². The van der Waals surface area contributed by atoms with Crippen LogP contribution >= 0.6 is 11.8 Å². The van der Waals surface area contributed by atoms with Gasteiger partial charge in [0.05, 0.1) is 23.5 Å². The lowest BCUT2D eigenvalue weighted by Gasteiger charge is -2.36. The smallest absolute Gasteiger partial charge is 0.230 e. The topological polar surface area (TPSA) is 85.2 Å². The van der Waals surface area contributed by atoms with Crippen LogP contribution < -0.4 is 10.2 Å².